The summed E-state index contributed by atoms with van der Waals surface area (Å²) in [7, 11) is 0. The third-order valence-electron chi connectivity index (χ3n) is 7.83. The molecule has 5 rings (SSSR count). The van der Waals surface area contributed by atoms with E-state index in [-0.39, 0.29) is 23.5 Å². The fourth-order valence-electron chi connectivity index (χ4n) is 5.97. The van der Waals surface area contributed by atoms with E-state index in [1.54, 1.807) is 6.07 Å². The molecular weight excluding hydrogens is 537 g/mol. The number of nitrogens with zero attached hydrogens (tertiary/aromatic N) is 2. The van der Waals surface area contributed by atoms with Gasteiger partial charge in [-0.2, -0.15) is 0 Å². The third-order valence-corrected chi connectivity index (χ3v) is 7.83. The maximum atomic E-state index is 14.1. The van der Waals surface area contributed by atoms with E-state index >= 15 is 0 Å². The average molecular weight is 576 g/mol. The lowest BCUT2D eigenvalue weighted by Crippen LogP contribution is -2.53. The van der Waals surface area contributed by atoms with Crippen LogP contribution >= 0.6 is 0 Å². The van der Waals surface area contributed by atoms with Gasteiger partial charge in [-0.1, -0.05) is 36.4 Å². The van der Waals surface area contributed by atoms with Crippen molar-refractivity contribution >= 4 is 12.0 Å². The second kappa shape index (κ2) is 13.3. The summed E-state index contributed by atoms with van der Waals surface area (Å²) in [6.45, 7) is 7.38. The van der Waals surface area contributed by atoms with E-state index in [0.717, 1.165) is 43.0 Å². The van der Waals surface area contributed by atoms with Crippen molar-refractivity contribution in [3.05, 3.63) is 77.7 Å². The van der Waals surface area contributed by atoms with Gasteiger partial charge in [-0.05, 0) is 74.4 Å². The standard InChI is InChI=1S/C32H38FN5O4/c1-20-17-38(18-21(2)35-20)19-22-6-8-23(9-7-22)24-4-3-5-28(14-24)42-31-29(15-25(33)16-34-31)30(39)36-26-10-12-27(13-11-26)37-32(40)41/h3-9,14-16,20-21,26-27,35,37H,10-13,17-19H2,1-2H3,(H,36,39)(H,40,41)/t20-,21+,26-,27-. The number of ether oxygens (including phenoxy) is 1. The lowest BCUT2D eigenvalue weighted by atomic mass is 9.91. The number of nitrogens with one attached hydrogen (secondary N) is 3. The molecule has 222 valence electrons. The molecule has 0 bridgehead atoms. The Morgan fingerprint density at radius 2 is 1.64 bits per heavy atom. The molecule has 2 atom stereocenters. The number of piperazine rings is 1. The number of amides is 2. The van der Waals surface area contributed by atoms with Crippen molar-refractivity contribution in [3.8, 4) is 22.8 Å². The van der Waals surface area contributed by atoms with Crippen LogP contribution in [0.3, 0.4) is 0 Å². The predicted octanol–water partition coefficient (Wildman–Crippen LogP) is 5.17. The van der Waals surface area contributed by atoms with Crippen LogP contribution in [-0.2, 0) is 6.54 Å². The molecule has 1 saturated carbocycles. The third kappa shape index (κ3) is 7.83. The first-order valence-corrected chi connectivity index (χ1v) is 14.5. The van der Waals surface area contributed by atoms with Gasteiger partial charge in [-0.15, -0.1) is 0 Å². The Hall–Kier alpha value is -4.02. The molecule has 1 aliphatic heterocycles. The minimum Gasteiger partial charge on any atom is -0.465 e. The lowest BCUT2D eigenvalue weighted by molar-refractivity contribution is 0.0919. The molecule has 10 heteroatoms. The highest BCUT2D eigenvalue weighted by atomic mass is 19.1. The normalized spacial score (nSPS) is 22.7. The molecule has 2 aromatic carbocycles. The van der Waals surface area contributed by atoms with Gasteiger partial charge in [0, 0.05) is 43.8 Å². The van der Waals surface area contributed by atoms with Gasteiger partial charge in [-0.3, -0.25) is 9.69 Å². The van der Waals surface area contributed by atoms with Gasteiger partial charge in [0.2, 0.25) is 5.88 Å². The first kappa shape index (κ1) is 29.5. The molecule has 2 amide bonds. The van der Waals surface area contributed by atoms with Crippen LogP contribution in [0.25, 0.3) is 11.1 Å². The Morgan fingerprint density at radius 3 is 2.31 bits per heavy atom. The minimum atomic E-state index is -1.05. The van der Waals surface area contributed by atoms with Gasteiger partial charge < -0.3 is 25.8 Å². The van der Waals surface area contributed by atoms with Crippen molar-refractivity contribution in [3.63, 3.8) is 0 Å². The minimum absolute atomic E-state index is 0.00656. The van der Waals surface area contributed by atoms with E-state index in [0.29, 0.717) is 43.5 Å². The highest BCUT2D eigenvalue weighted by Crippen LogP contribution is 2.29. The molecule has 1 aromatic heterocycles. The molecule has 0 radical (unpaired) electrons. The van der Waals surface area contributed by atoms with Gasteiger partial charge in [0.1, 0.15) is 17.1 Å². The molecule has 2 aliphatic rings. The quantitative estimate of drug-likeness (QED) is 0.293. The average Bonchev–Trinajstić information content (AvgIpc) is 2.95. The highest BCUT2D eigenvalue weighted by Gasteiger charge is 2.26. The first-order chi connectivity index (χ1) is 20.2. The molecule has 42 heavy (non-hydrogen) atoms. The van der Waals surface area contributed by atoms with Gasteiger partial charge in [0.15, 0.2) is 0 Å². The number of carboxylic acid groups (broad SMARTS) is 1. The van der Waals surface area contributed by atoms with Crippen molar-refractivity contribution in [1.29, 1.82) is 0 Å². The Morgan fingerprint density at radius 1 is 0.976 bits per heavy atom. The molecule has 0 spiro atoms. The Labute approximate surface area is 245 Å². The predicted molar refractivity (Wildman–Crippen MR) is 158 cm³/mol. The van der Waals surface area contributed by atoms with Crippen molar-refractivity contribution in [2.24, 2.45) is 0 Å². The number of rotatable bonds is 8. The Kier molecular flexibility index (Phi) is 9.34. The summed E-state index contributed by atoms with van der Waals surface area (Å²) in [5, 5.41) is 17.9. The van der Waals surface area contributed by atoms with Crippen LogP contribution in [0.15, 0.2) is 60.8 Å². The molecule has 2 fully saturated rings. The van der Waals surface area contributed by atoms with Gasteiger partial charge in [0.25, 0.3) is 5.91 Å². The molecule has 3 aromatic rings. The van der Waals surface area contributed by atoms with Crippen LogP contribution < -0.4 is 20.7 Å². The fourth-order valence-corrected chi connectivity index (χ4v) is 5.97. The number of benzene rings is 2. The van der Waals surface area contributed by atoms with Crippen LogP contribution in [0.1, 0.15) is 55.5 Å². The van der Waals surface area contributed by atoms with Gasteiger partial charge >= 0.3 is 6.09 Å². The zero-order valence-corrected chi connectivity index (χ0v) is 24.0. The molecule has 4 N–H and O–H groups in total. The van der Waals surface area contributed by atoms with Crippen molar-refractivity contribution < 1.29 is 23.8 Å². The SMILES string of the molecule is C[C@@H]1CN(Cc2ccc(-c3cccc(Oc4ncc(F)cc4C(=O)N[C@H]4CC[C@H](NC(=O)O)CC4)c3)cc2)C[C@H](C)N1. The molecule has 9 nitrogen and oxygen atoms in total. The van der Waals surface area contributed by atoms with Crippen LogP contribution in [0.4, 0.5) is 9.18 Å². The van der Waals surface area contributed by atoms with Gasteiger partial charge in [-0.25, -0.2) is 14.2 Å². The summed E-state index contributed by atoms with van der Waals surface area (Å²) in [6.07, 6.45) is 2.44. The number of pyridine rings is 1. The summed E-state index contributed by atoms with van der Waals surface area (Å²) in [4.78, 5) is 30.6. The molecule has 2 heterocycles. The lowest BCUT2D eigenvalue weighted by Gasteiger charge is -2.36. The topological polar surface area (TPSA) is 116 Å². The maximum Gasteiger partial charge on any atom is 0.404 e. The smallest absolute Gasteiger partial charge is 0.404 e. The zero-order valence-electron chi connectivity index (χ0n) is 24.0. The number of carbonyl (C=O) groups is 2. The summed E-state index contributed by atoms with van der Waals surface area (Å²) in [6, 6.07) is 17.8. The largest absolute Gasteiger partial charge is 0.465 e. The summed E-state index contributed by atoms with van der Waals surface area (Å²) < 4.78 is 20.1. The number of carbonyl (C=O) groups excluding carboxylic acids is 1. The summed E-state index contributed by atoms with van der Waals surface area (Å²) in [5.41, 5.74) is 3.24. The summed E-state index contributed by atoms with van der Waals surface area (Å²) in [5.74, 6) is -0.622. The van der Waals surface area contributed by atoms with Crippen molar-refractivity contribution in [2.45, 2.75) is 70.2 Å². The Balaban J connectivity index is 1.24. The van der Waals surface area contributed by atoms with Crippen LogP contribution in [0, 0.1) is 5.82 Å². The van der Waals surface area contributed by atoms with E-state index in [4.69, 9.17) is 9.84 Å². The Bertz CT molecular complexity index is 1380. The number of halogens is 1. The van der Waals surface area contributed by atoms with E-state index in [1.165, 1.54) is 5.56 Å². The van der Waals surface area contributed by atoms with Crippen molar-refractivity contribution in [1.82, 2.24) is 25.8 Å². The molecular formula is C32H38FN5O4. The number of hydrogen-bond donors (Lipinski definition) is 4. The fraction of sp³-hybridized carbons (Fsp3) is 0.406. The van der Waals surface area contributed by atoms with Crippen LogP contribution in [0.2, 0.25) is 0 Å². The maximum absolute atomic E-state index is 14.1. The molecule has 0 unspecified atom stereocenters. The van der Waals surface area contributed by atoms with E-state index < -0.39 is 17.8 Å². The first-order valence-electron chi connectivity index (χ1n) is 14.5. The number of hydrogen-bond acceptors (Lipinski definition) is 6. The zero-order chi connectivity index (χ0) is 29.6. The van der Waals surface area contributed by atoms with E-state index in [9.17, 15) is 14.0 Å². The van der Waals surface area contributed by atoms with Gasteiger partial charge in [0.05, 0.1) is 6.20 Å². The van der Waals surface area contributed by atoms with Crippen molar-refractivity contribution in [2.75, 3.05) is 13.1 Å². The second-order valence-corrected chi connectivity index (χ2v) is 11.5. The second-order valence-electron chi connectivity index (χ2n) is 11.5. The molecule has 1 saturated heterocycles. The van der Waals surface area contributed by atoms with E-state index in [1.807, 2.05) is 18.2 Å². The number of aromatic nitrogens is 1. The highest BCUT2D eigenvalue weighted by molar-refractivity contribution is 5.96. The monoisotopic (exact) mass is 575 g/mol. The summed E-state index contributed by atoms with van der Waals surface area (Å²) >= 11 is 0. The van der Waals surface area contributed by atoms with Crippen LogP contribution in [0.5, 0.6) is 11.6 Å². The molecule has 1 aliphatic carbocycles. The van der Waals surface area contributed by atoms with E-state index in [2.05, 4.69) is 63.9 Å². The van der Waals surface area contributed by atoms with Crippen LogP contribution in [-0.4, -0.2) is 64.2 Å².